The molecule has 0 unspecified atom stereocenters. The molecule has 0 bridgehead atoms. The molecule has 1 aromatic rings. The maximum absolute atomic E-state index is 9.83. The Morgan fingerprint density at radius 1 is 1.39 bits per heavy atom. The van der Waals surface area contributed by atoms with Gasteiger partial charge in [-0.3, -0.25) is 4.90 Å². The van der Waals surface area contributed by atoms with Gasteiger partial charge in [0.05, 0.1) is 12.8 Å². The van der Waals surface area contributed by atoms with Crippen LogP contribution in [-0.2, 0) is 6.42 Å². The summed E-state index contributed by atoms with van der Waals surface area (Å²) < 4.78 is 17.1. The third-order valence-corrected chi connectivity index (χ3v) is 7.15. The zero-order chi connectivity index (χ0) is 22.2. The van der Waals surface area contributed by atoms with Crippen LogP contribution >= 0.6 is 0 Å². The second kappa shape index (κ2) is 8.58. The Balaban J connectivity index is 1.63. The Bertz CT molecular complexity index is 932. The fourth-order valence-corrected chi connectivity index (χ4v) is 5.31. The van der Waals surface area contributed by atoms with E-state index in [9.17, 15) is 5.21 Å². The van der Waals surface area contributed by atoms with Gasteiger partial charge < -0.3 is 19.4 Å². The molecular weight excluding hydrogens is 392 g/mol. The fraction of sp³-hybridized carbons (Fsp3) is 0.560. The third-order valence-electron chi connectivity index (χ3n) is 7.15. The van der Waals surface area contributed by atoms with Crippen molar-refractivity contribution in [1.29, 1.82) is 0 Å². The standard InChI is InChI=1S/C25H34N2O4/c1-16-7-6-11-25(2,3)19(16)9-8-18(26-28)14-20-22-17(10-12-27(20)4)13-21-23(24(22)29-5)31-15-30-21/h7-9,13,19-20,28H,6,10-12,14-15H2,1-5H3/t19-,20+/m1/s1. The highest BCUT2D eigenvalue weighted by molar-refractivity contribution is 5.95. The van der Waals surface area contributed by atoms with E-state index in [1.807, 2.05) is 6.08 Å². The number of fused-ring (bicyclic) bond motifs is 2. The van der Waals surface area contributed by atoms with Gasteiger partial charge in [0.2, 0.25) is 12.5 Å². The summed E-state index contributed by atoms with van der Waals surface area (Å²) in [5.41, 5.74) is 4.56. The number of hydrogen-bond donors (Lipinski definition) is 1. The molecule has 0 fully saturated rings. The van der Waals surface area contributed by atoms with Gasteiger partial charge in [0, 0.05) is 30.5 Å². The van der Waals surface area contributed by atoms with Crippen LogP contribution in [0.5, 0.6) is 17.2 Å². The number of allylic oxidation sites excluding steroid dienone is 4. The lowest BCUT2D eigenvalue weighted by Gasteiger charge is -2.37. The Hall–Kier alpha value is -2.47. The van der Waals surface area contributed by atoms with Crippen LogP contribution < -0.4 is 14.2 Å². The van der Waals surface area contributed by atoms with E-state index < -0.39 is 0 Å². The lowest BCUT2D eigenvalue weighted by atomic mass is 9.68. The minimum atomic E-state index is 0.0276. The van der Waals surface area contributed by atoms with Crippen molar-refractivity contribution in [3.8, 4) is 17.2 Å². The van der Waals surface area contributed by atoms with Crippen LogP contribution in [0.15, 0.2) is 35.0 Å². The second-order valence-corrected chi connectivity index (χ2v) is 9.57. The van der Waals surface area contributed by atoms with Crippen molar-refractivity contribution in [1.82, 2.24) is 4.90 Å². The summed E-state index contributed by atoms with van der Waals surface area (Å²) >= 11 is 0. The second-order valence-electron chi connectivity index (χ2n) is 9.57. The minimum Gasteiger partial charge on any atom is -0.492 e. The molecular formula is C25H34N2O4. The molecule has 1 N–H and O–H groups in total. The Labute approximate surface area is 185 Å². The molecule has 0 amide bonds. The molecule has 2 atom stereocenters. The van der Waals surface area contributed by atoms with Crippen LogP contribution in [0.1, 0.15) is 57.2 Å². The van der Waals surface area contributed by atoms with Crippen molar-refractivity contribution in [3.05, 3.63) is 41.0 Å². The number of rotatable bonds is 5. The van der Waals surface area contributed by atoms with E-state index in [1.54, 1.807) is 7.11 Å². The van der Waals surface area contributed by atoms with E-state index in [0.29, 0.717) is 23.8 Å². The number of hydrogen-bond acceptors (Lipinski definition) is 6. The van der Waals surface area contributed by atoms with Crippen LogP contribution in [0.3, 0.4) is 0 Å². The van der Waals surface area contributed by atoms with Gasteiger partial charge in [0.25, 0.3) is 0 Å². The molecule has 0 spiro atoms. The van der Waals surface area contributed by atoms with Crippen molar-refractivity contribution < 1.29 is 19.4 Å². The molecule has 3 aliphatic rings. The number of oxime groups is 1. The molecule has 2 aliphatic heterocycles. The van der Waals surface area contributed by atoms with E-state index >= 15 is 0 Å². The zero-order valence-electron chi connectivity index (χ0n) is 19.3. The van der Waals surface area contributed by atoms with E-state index in [2.05, 4.69) is 56.1 Å². The SMILES string of the molecule is COc1c2c(cc3c1[C@H](CC(C=C[C@@H]1C(C)=CCCC1(C)C)=NO)N(C)CC3)OCO2. The average Bonchev–Trinajstić information content (AvgIpc) is 3.20. The van der Waals surface area contributed by atoms with Crippen molar-refractivity contribution in [2.45, 2.75) is 52.5 Å². The summed E-state index contributed by atoms with van der Waals surface area (Å²) in [5, 5.41) is 13.5. The first-order valence-corrected chi connectivity index (χ1v) is 11.1. The van der Waals surface area contributed by atoms with E-state index in [1.165, 1.54) is 11.1 Å². The van der Waals surface area contributed by atoms with Crippen LogP contribution in [0.4, 0.5) is 0 Å². The molecule has 6 heteroatoms. The summed E-state index contributed by atoms with van der Waals surface area (Å²) in [6.07, 6.45) is 10.3. The average molecular weight is 427 g/mol. The van der Waals surface area contributed by atoms with Crippen LogP contribution in [-0.4, -0.2) is 43.3 Å². The van der Waals surface area contributed by atoms with Gasteiger partial charge in [-0.15, -0.1) is 0 Å². The maximum atomic E-state index is 9.83. The third kappa shape index (κ3) is 4.05. The summed E-state index contributed by atoms with van der Waals surface area (Å²) in [4.78, 5) is 2.29. The highest BCUT2D eigenvalue weighted by Crippen LogP contribution is 2.50. The first-order valence-electron chi connectivity index (χ1n) is 11.1. The van der Waals surface area contributed by atoms with E-state index in [0.717, 1.165) is 42.9 Å². The molecule has 1 aliphatic carbocycles. The zero-order valence-corrected chi connectivity index (χ0v) is 19.3. The van der Waals surface area contributed by atoms with Gasteiger partial charge in [0.1, 0.15) is 0 Å². The fourth-order valence-electron chi connectivity index (χ4n) is 5.31. The van der Waals surface area contributed by atoms with Crippen LogP contribution in [0.25, 0.3) is 0 Å². The van der Waals surface area contributed by atoms with Crippen LogP contribution in [0, 0.1) is 11.3 Å². The molecule has 2 heterocycles. The normalized spacial score (nSPS) is 25.5. The monoisotopic (exact) mass is 426 g/mol. The van der Waals surface area contributed by atoms with Gasteiger partial charge in [-0.25, -0.2) is 0 Å². The van der Waals surface area contributed by atoms with Gasteiger partial charge >= 0.3 is 0 Å². The van der Waals surface area contributed by atoms with Crippen molar-refractivity contribution in [2.75, 3.05) is 27.5 Å². The van der Waals surface area contributed by atoms with Gasteiger partial charge in [0.15, 0.2) is 11.5 Å². The number of ether oxygens (including phenoxy) is 3. The topological polar surface area (TPSA) is 63.5 Å². The number of nitrogens with zero attached hydrogens (tertiary/aromatic N) is 2. The van der Waals surface area contributed by atoms with Crippen molar-refractivity contribution in [2.24, 2.45) is 16.5 Å². The molecule has 0 radical (unpaired) electrons. The molecule has 0 saturated heterocycles. The van der Waals surface area contributed by atoms with Gasteiger partial charge in [-0.2, -0.15) is 0 Å². The molecule has 31 heavy (non-hydrogen) atoms. The predicted octanol–water partition coefficient (Wildman–Crippen LogP) is 5.11. The van der Waals surface area contributed by atoms with E-state index in [4.69, 9.17) is 14.2 Å². The Morgan fingerprint density at radius 2 is 2.19 bits per heavy atom. The first-order chi connectivity index (χ1) is 14.9. The minimum absolute atomic E-state index is 0.0276. The number of methoxy groups -OCH3 is 1. The summed E-state index contributed by atoms with van der Waals surface area (Å²) in [6.45, 7) is 7.95. The van der Waals surface area contributed by atoms with Crippen LogP contribution in [0.2, 0.25) is 0 Å². The molecule has 0 aromatic heterocycles. The van der Waals surface area contributed by atoms with Crippen molar-refractivity contribution >= 4 is 5.71 Å². The quantitative estimate of drug-likeness (QED) is 0.307. The molecule has 1 aromatic carbocycles. The molecule has 4 rings (SSSR count). The van der Waals surface area contributed by atoms with Gasteiger partial charge in [-0.1, -0.05) is 36.7 Å². The lowest BCUT2D eigenvalue weighted by Crippen LogP contribution is -2.34. The molecule has 0 saturated carbocycles. The largest absolute Gasteiger partial charge is 0.492 e. The smallest absolute Gasteiger partial charge is 0.231 e. The first kappa shape index (κ1) is 21.8. The molecule has 6 nitrogen and oxygen atoms in total. The number of likely N-dealkylation sites (N-methyl/N-ethyl adjacent to an activating group) is 1. The highest BCUT2D eigenvalue weighted by Gasteiger charge is 2.35. The number of benzene rings is 1. The predicted molar refractivity (Wildman–Crippen MR) is 121 cm³/mol. The molecule has 168 valence electrons. The van der Waals surface area contributed by atoms with Gasteiger partial charge in [-0.05, 0) is 56.4 Å². The summed E-state index contributed by atoms with van der Waals surface area (Å²) in [6, 6.07) is 2.10. The summed E-state index contributed by atoms with van der Waals surface area (Å²) in [5.74, 6) is 2.49. The maximum Gasteiger partial charge on any atom is 0.231 e. The summed E-state index contributed by atoms with van der Waals surface area (Å²) in [7, 11) is 3.78. The van der Waals surface area contributed by atoms with Crippen molar-refractivity contribution in [3.63, 3.8) is 0 Å². The Morgan fingerprint density at radius 3 is 2.90 bits per heavy atom. The Kier molecular flexibility index (Phi) is 6.02. The van der Waals surface area contributed by atoms with E-state index in [-0.39, 0.29) is 18.2 Å². The highest BCUT2D eigenvalue weighted by atomic mass is 16.7. The lowest BCUT2D eigenvalue weighted by molar-refractivity contribution is 0.170.